The molecule has 1 heterocycles. The number of likely N-dealkylation sites (N-methyl/N-ethyl adjacent to an activating group) is 1. The zero-order valence-corrected chi connectivity index (χ0v) is 12.1. The molecule has 1 aromatic carbocycles. The fourth-order valence-electron chi connectivity index (χ4n) is 2.05. The summed E-state index contributed by atoms with van der Waals surface area (Å²) >= 11 is 0. The number of amides is 1. The van der Waals surface area contributed by atoms with Crippen LogP contribution < -0.4 is 11.2 Å². The van der Waals surface area contributed by atoms with Crippen molar-refractivity contribution in [2.24, 2.45) is 0 Å². The zero-order valence-electron chi connectivity index (χ0n) is 12.1. The van der Waals surface area contributed by atoms with Crippen molar-refractivity contribution in [3.05, 3.63) is 68.7 Å². The number of rotatable bonds is 5. The highest BCUT2D eigenvalue weighted by molar-refractivity contribution is 5.75. The van der Waals surface area contributed by atoms with Gasteiger partial charge in [-0.25, -0.2) is 9.18 Å². The first-order chi connectivity index (χ1) is 10.5. The predicted molar refractivity (Wildman–Crippen MR) is 78.8 cm³/mol. The van der Waals surface area contributed by atoms with Crippen molar-refractivity contribution in [1.82, 2.24) is 14.5 Å². The van der Waals surface area contributed by atoms with E-state index in [-0.39, 0.29) is 24.8 Å². The summed E-state index contributed by atoms with van der Waals surface area (Å²) < 4.78 is 14.3. The number of nitrogens with one attached hydrogen (secondary N) is 1. The zero-order chi connectivity index (χ0) is 16.1. The summed E-state index contributed by atoms with van der Waals surface area (Å²) in [6.45, 7) is 2.30. The van der Waals surface area contributed by atoms with Gasteiger partial charge in [0, 0.05) is 25.4 Å². The molecule has 1 aromatic heterocycles. The van der Waals surface area contributed by atoms with Crippen LogP contribution in [0.3, 0.4) is 0 Å². The van der Waals surface area contributed by atoms with Crippen molar-refractivity contribution in [2.45, 2.75) is 20.0 Å². The lowest BCUT2D eigenvalue weighted by Gasteiger charge is -2.21. The Morgan fingerprint density at radius 1 is 1.32 bits per heavy atom. The largest absolute Gasteiger partial charge is 0.337 e. The van der Waals surface area contributed by atoms with Gasteiger partial charge in [0.15, 0.2) is 0 Å². The van der Waals surface area contributed by atoms with E-state index in [1.165, 1.54) is 29.3 Å². The average Bonchev–Trinajstić information content (AvgIpc) is 2.47. The summed E-state index contributed by atoms with van der Waals surface area (Å²) in [5.41, 5.74) is -0.479. The molecule has 0 aliphatic heterocycles. The van der Waals surface area contributed by atoms with Gasteiger partial charge in [0.1, 0.15) is 12.4 Å². The molecule has 2 aromatic rings. The predicted octanol–water partition coefficient (Wildman–Crippen LogP) is 0.724. The van der Waals surface area contributed by atoms with Gasteiger partial charge < -0.3 is 4.90 Å². The molecule has 22 heavy (non-hydrogen) atoms. The minimum Gasteiger partial charge on any atom is -0.337 e. The van der Waals surface area contributed by atoms with Crippen molar-refractivity contribution < 1.29 is 9.18 Å². The van der Waals surface area contributed by atoms with Gasteiger partial charge in [0.25, 0.3) is 5.56 Å². The van der Waals surface area contributed by atoms with Crippen molar-refractivity contribution in [1.29, 1.82) is 0 Å². The first-order valence-corrected chi connectivity index (χ1v) is 6.81. The molecule has 1 N–H and O–H groups in total. The normalized spacial score (nSPS) is 10.5. The number of aromatic amines is 1. The minimum absolute atomic E-state index is 0.182. The van der Waals surface area contributed by atoms with Crippen LogP contribution in [0.15, 0.2) is 46.1 Å². The molecule has 1 amide bonds. The van der Waals surface area contributed by atoms with Crippen LogP contribution in [0.25, 0.3) is 0 Å². The highest BCUT2D eigenvalue weighted by Crippen LogP contribution is 2.07. The average molecular weight is 305 g/mol. The smallest absolute Gasteiger partial charge is 0.328 e. The molecule has 0 spiro atoms. The quantitative estimate of drug-likeness (QED) is 0.884. The second-order valence-corrected chi connectivity index (χ2v) is 4.78. The molecule has 0 saturated heterocycles. The van der Waals surface area contributed by atoms with Gasteiger partial charge in [0.05, 0.1) is 0 Å². The maximum Gasteiger partial charge on any atom is 0.328 e. The first-order valence-electron chi connectivity index (χ1n) is 6.81. The van der Waals surface area contributed by atoms with Gasteiger partial charge in [-0.1, -0.05) is 12.1 Å². The van der Waals surface area contributed by atoms with Crippen LogP contribution in [0.2, 0.25) is 0 Å². The topological polar surface area (TPSA) is 75.2 Å². The molecular weight excluding hydrogens is 289 g/mol. The summed E-state index contributed by atoms with van der Waals surface area (Å²) in [4.78, 5) is 38.4. The molecule has 0 unspecified atom stereocenters. The van der Waals surface area contributed by atoms with Crippen LogP contribution in [-0.2, 0) is 17.9 Å². The Morgan fingerprint density at radius 2 is 2.09 bits per heavy atom. The number of carbonyl (C=O) groups is 1. The third kappa shape index (κ3) is 3.91. The first kappa shape index (κ1) is 15.7. The number of hydrogen-bond acceptors (Lipinski definition) is 3. The van der Waals surface area contributed by atoms with E-state index in [2.05, 4.69) is 4.98 Å². The molecule has 116 valence electrons. The molecule has 7 heteroatoms. The number of H-pyrrole nitrogens is 1. The van der Waals surface area contributed by atoms with Gasteiger partial charge in [-0.05, 0) is 24.6 Å². The number of aromatic nitrogens is 2. The SMILES string of the molecule is CCN(Cc1cccc(F)c1)C(=O)Cn1ccc(=O)[nH]c1=O. The van der Waals surface area contributed by atoms with Crippen molar-refractivity contribution in [3.63, 3.8) is 0 Å². The van der Waals surface area contributed by atoms with E-state index in [0.29, 0.717) is 12.1 Å². The molecule has 0 radical (unpaired) electrons. The maximum absolute atomic E-state index is 13.2. The Bertz CT molecular complexity index is 782. The molecule has 0 saturated carbocycles. The maximum atomic E-state index is 13.2. The van der Waals surface area contributed by atoms with Crippen LogP contribution in [0, 0.1) is 5.82 Å². The Hall–Kier alpha value is -2.70. The lowest BCUT2D eigenvalue weighted by molar-refractivity contribution is -0.132. The molecule has 2 rings (SSSR count). The minimum atomic E-state index is -0.636. The summed E-state index contributed by atoms with van der Waals surface area (Å²) in [5, 5.41) is 0. The molecular formula is C15H16FN3O3. The van der Waals surface area contributed by atoms with E-state index < -0.39 is 11.2 Å². The lowest BCUT2D eigenvalue weighted by Crippen LogP contribution is -2.37. The van der Waals surface area contributed by atoms with E-state index in [9.17, 15) is 18.8 Å². The number of benzene rings is 1. The van der Waals surface area contributed by atoms with Gasteiger partial charge in [-0.2, -0.15) is 0 Å². The highest BCUT2D eigenvalue weighted by atomic mass is 19.1. The molecule has 0 aliphatic rings. The Labute approximate surface area is 125 Å². The summed E-state index contributed by atoms with van der Waals surface area (Å²) in [6.07, 6.45) is 1.27. The van der Waals surface area contributed by atoms with Crippen LogP contribution in [0.5, 0.6) is 0 Å². The second-order valence-electron chi connectivity index (χ2n) is 4.78. The number of nitrogens with zero attached hydrogens (tertiary/aromatic N) is 2. The third-order valence-electron chi connectivity index (χ3n) is 3.20. The van der Waals surface area contributed by atoms with Crippen molar-refractivity contribution in [3.8, 4) is 0 Å². The van der Waals surface area contributed by atoms with Crippen LogP contribution in [-0.4, -0.2) is 26.9 Å². The Kier molecular flexibility index (Phi) is 4.88. The molecule has 0 aliphatic carbocycles. The van der Waals surface area contributed by atoms with E-state index in [4.69, 9.17) is 0 Å². The van der Waals surface area contributed by atoms with Crippen molar-refractivity contribution >= 4 is 5.91 Å². The van der Waals surface area contributed by atoms with Crippen LogP contribution in [0.4, 0.5) is 4.39 Å². The lowest BCUT2D eigenvalue weighted by atomic mass is 10.2. The van der Waals surface area contributed by atoms with Gasteiger partial charge in [-0.3, -0.25) is 19.1 Å². The monoisotopic (exact) mass is 305 g/mol. The van der Waals surface area contributed by atoms with E-state index in [1.807, 2.05) is 0 Å². The number of halogens is 1. The van der Waals surface area contributed by atoms with Gasteiger partial charge in [0.2, 0.25) is 5.91 Å². The standard InChI is InChI=1S/C15H16FN3O3/c1-2-18(9-11-4-3-5-12(16)8-11)14(21)10-19-7-6-13(20)17-15(19)22/h3-8H,2,9-10H2,1H3,(H,17,20,22). The Morgan fingerprint density at radius 3 is 2.73 bits per heavy atom. The van der Waals surface area contributed by atoms with E-state index in [0.717, 1.165) is 4.57 Å². The Balaban J connectivity index is 2.12. The van der Waals surface area contributed by atoms with Gasteiger partial charge in [-0.15, -0.1) is 0 Å². The fourth-order valence-corrected chi connectivity index (χ4v) is 2.05. The molecule has 6 nitrogen and oxygen atoms in total. The molecule has 0 bridgehead atoms. The van der Waals surface area contributed by atoms with E-state index in [1.54, 1.807) is 19.1 Å². The highest BCUT2D eigenvalue weighted by Gasteiger charge is 2.14. The van der Waals surface area contributed by atoms with Gasteiger partial charge >= 0.3 is 5.69 Å². The second kappa shape index (κ2) is 6.84. The summed E-state index contributed by atoms with van der Waals surface area (Å²) in [5.74, 6) is -0.654. The molecule has 0 fully saturated rings. The third-order valence-corrected chi connectivity index (χ3v) is 3.20. The van der Waals surface area contributed by atoms with Crippen molar-refractivity contribution in [2.75, 3.05) is 6.54 Å². The van der Waals surface area contributed by atoms with Crippen LogP contribution in [0.1, 0.15) is 12.5 Å². The number of carbonyl (C=O) groups excluding carboxylic acids is 1. The van der Waals surface area contributed by atoms with E-state index >= 15 is 0 Å². The fraction of sp³-hybridized carbons (Fsp3) is 0.267. The summed E-state index contributed by atoms with van der Waals surface area (Å²) in [6, 6.07) is 7.18. The summed E-state index contributed by atoms with van der Waals surface area (Å²) in [7, 11) is 0. The molecule has 0 atom stereocenters. The van der Waals surface area contributed by atoms with Crippen LogP contribution >= 0.6 is 0 Å². The number of hydrogen-bond donors (Lipinski definition) is 1.